The largest absolute Gasteiger partial charge is 0.393 e. The molecule has 0 radical (unpaired) electrons. The van der Waals surface area contributed by atoms with Crippen molar-refractivity contribution in [3.05, 3.63) is 24.3 Å². The van der Waals surface area contributed by atoms with E-state index >= 15 is 0 Å². The van der Waals surface area contributed by atoms with Gasteiger partial charge in [0.25, 0.3) is 0 Å². The number of aliphatic hydroxyl groups is 1. The van der Waals surface area contributed by atoms with Gasteiger partial charge in [0.05, 0.1) is 6.10 Å². The maximum absolute atomic E-state index is 11.8. The molecular formula is C15H24N2O3S. The molecule has 2 amide bonds. The van der Waals surface area contributed by atoms with Gasteiger partial charge in [-0.1, -0.05) is 13.8 Å². The second-order valence-electron chi connectivity index (χ2n) is 6.00. The molecule has 1 aromatic rings. The number of anilines is 1. The molecule has 0 saturated carbocycles. The molecule has 2 unspecified atom stereocenters. The van der Waals surface area contributed by atoms with Gasteiger partial charge in [-0.3, -0.25) is 4.21 Å². The first kappa shape index (κ1) is 17.7. The highest BCUT2D eigenvalue weighted by Gasteiger charge is 2.21. The molecular weight excluding hydrogens is 288 g/mol. The minimum atomic E-state index is -1.02. The molecule has 1 rings (SSSR count). The average Bonchev–Trinajstić information content (AvgIpc) is 2.36. The average molecular weight is 312 g/mol. The fourth-order valence-corrected chi connectivity index (χ4v) is 2.62. The third-order valence-corrected chi connectivity index (χ3v) is 3.96. The fraction of sp³-hybridized carbons (Fsp3) is 0.533. The zero-order valence-corrected chi connectivity index (χ0v) is 13.8. The Morgan fingerprint density at radius 2 is 1.90 bits per heavy atom. The van der Waals surface area contributed by atoms with Gasteiger partial charge >= 0.3 is 6.03 Å². The molecule has 0 aromatic heterocycles. The van der Waals surface area contributed by atoms with Crippen molar-refractivity contribution in [2.24, 2.45) is 5.41 Å². The number of carbonyl (C=O) groups is 1. The highest BCUT2D eigenvalue weighted by molar-refractivity contribution is 7.84. The van der Waals surface area contributed by atoms with Crippen LogP contribution in [0.3, 0.4) is 0 Å². The van der Waals surface area contributed by atoms with Crippen molar-refractivity contribution in [2.45, 2.75) is 38.2 Å². The monoisotopic (exact) mass is 312 g/mol. The Morgan fingerprint density at radius 1 is 1.33 bits per heavy atom. The molecule has 1 aromatic carbocycles. The predicted molar refractivity (Wildman–Crippen MR) is 85.9 cm³/mol. The molecule has 0 saturated heterocycles. The molecule has 0 spiro atoms. The molecule has 0 fully saturated rings. The Balaban J connectivity index is 2.48. The van der Waals surface area contributed by atoms with E-state index in [9.17, 15) is 14.1 Å². The van der Waals surface area contributed by atoms with Crippen LogP contribution in [-0.2, 0) is 10.8 Å². The van der Waals surface area contributed by atoms with Crippen LogP contribution in [0.15, 0.2) is 29.2 Å². The Labute approximate surface area is 128 Å². The number of benzene rings is 1. The van der Waals surface area contributed by atoms with Crippen LogP contribution in [0, 0.1) is 5.41 Å². The van der Waals surface area contributed by atoms with Crippen LogP contribution in [-0.4, -0.2) is 34.3 Å². The van der Waals surface area contributed by atoms with Crippen molar-refractivity contribution in [3.63, 3.8) is 0 Å². The molecule has 0 bridgehead atoms. The molecule has 5 nitrogen and oxygen atoms in total. The SMILES string of the molecule is CC(O)CC(C)(C)CNC(=O)Nc1ccc(S(C)=O)cc1. The lowest BCUT2D eigenvalue weighted by atomic mass is 9.87. The molecule has 118 valence electrons. The van der Waals surface area contributed by atoms with Crippen LogP contribution >= 0.6 is 0 Å². The van der Waals surface area contributed by atoms with Gasteiger partial charge in [-0.2, -0.15) is 0 Å². The third kappa shape index (κ3) is 6.73. The summed E-state index contributed by atoms with van der Waals surface area (Å²) < 4.78 is 11.3. The first-order valence-corrected chi connectivity index (χ1v) is 8.42. The summed E-state index contributed by atoms with van der Waals surface area (Å²) in [6, 6.07) is 6.60. The van der Waals surface area contributed by atoms with Gasteiger partial charge in [0.1, 0.15) is 0 Å². The maximum Gasteiger partial charge on any atom is 0.319 e. The molecule has 0 aliphatic heterocycles. The van der Waals surface area contributed by atoms with Crippen molar-refractivity contribution >= 4 is 22.5 Å². The molecule has 2 atom stereocenters. The van der Waals surface area contributed by atoms with Gasteiger partial charge in [-0.15, -0.1) is 0 Å². The van der Waals surface area contributed by atoms with Gasteiger partial charge in [-0.05, 0) is 43.0 Å². The lowest BCUT2D eigenvalue weighted by molar-refractivity contribution is 0.129. The number of carbonyl (C=O) groups excluding carboxylic acids is 1. The smallest absolute Gasteiger partial charge is 0.319 e. The van der Waals surface area contributed by atoms with E-state index in [0.717, 1.165) is 4.90 Å². The van der Waals surface area contributed by atoms with Gasteiger partial charge in [0.2, 0.25) is 0 Å². The topological polar surface area (TPSA) is 78.4 Å². The minimum Gasteiger partial charge on any atom is -0.393 e. The molecule has 3 N–H and O–H groups in total. The molecule has 21 heavy (non-hydrogen) atoms. The summed E-state index contributed by atoms with van der Waals surface area (Å²) >= 11 is 0. The van der Waals surface area contributed by atoms with Crippen molar-refractivity contribution in [3.8, 4) is 0 Å². The van der Waals surface area contributed by atoms with Crippen LogP contribution in [0.2, 0.25) is 0 Å². The summed E-state index contributed by atoms with van der Waals surface area (Å²) in [7, 11) is -1.02. The van der Waals surface area contributed by atoms with Crippen molar-refractivity contribution in [1.82, 2.24) is 5.32 Å². The molecule has 0 aliphatic rings. The van der Waals surface area contributed by atoms with E-state index in [-0.39, 0.29) is 11.4 Å². The first-order chi connectivity index (χ1) is 9.69. The van der Waals surface area contributed by atoms with Crippen molar-refractivity contribution in [2.75, 3.05) is 18.1 Å². The number of rotatable bonds is 6. The first-order valence-electron chi connectivity index (χ1n) is 6.86. The Kier molecular flexibility index (Phi) is 6.36. The summed E-state index contributed by atoms with van der Waals surface area (Å²) in [5.74, 6) is 0. The Hall–Kier alpha value is -1.40. The zero-order valence-electron chi connectivity index (χ0n) is 13.0. The molecule has 0 heterocycles. The van der Waals surface area contributed by atoms with E-state index in [4.69, 9.17) is 0 Å². The minimum absolute atomic E-state index is 0.172. The predicted octanol–water partition coefficient (Wildman–Crippen LogP) is 2.34. The summed E-state index contributed by atoms with van der Waals surface area (Å²) in [4.78, 5) is 12.5. The van der Waals surface area contributed by atoms with Crippen LogP contribution in [0.1, 0.15) is 27.2 Å². The van der Waals surface area contributed by atoms with E-state index in [1.54, 1.807) is 37.4 Å². The number of hydrogen-bond donors (Lipinski definition) is 3. The number of nitrogens with one attached hydrogen (secondary N) is 2. The van der Waals surface area contributed by atoms with E-state index < -0.39 is 16.9 Å². The standard InChI is InChI=1S/C15H24N2O3S/c1-11(18)9-15(2,3)10-16-14(19)17-12-5-7-13(8-6-12)21(4)20/h5-8,11,18H,9-10H2,1-4H3,(H2,16,17,19). The molecule has 6 heteroatoms. The highest BCUT2D eigenvalue weighted by Crippen LogP contribution is 2.21. The number of aliphatic hydroxyl groups excluding tert-OH is 1. The van der Waals surface area contributed by atoms with E-state index in [1.165, 1.54) is 0 Å². The maximum atomic E-state index is 11.8. The van der Waals surface area contributed by atoms with E-state index in [2.05, 4.69) is 10.6 Å². The Morgan fingerprint density at radius 3 is 2.38 bits per heavy atom. The second kappa shape index (κ2) is 7.56. The van der Waals surface area contributed by atoms with Gasteiger partial charge < -0.3 is 15.7 Å². The summed E-state index contributed by atoms with van der Waals surface area (Å²) in [5.41, 5.74) is 0.476. The summed E-state index contributed by atoms with van der Waals surface area (Å²) in [6.45, 7) is 6.19. The zero-order chi connectivity index (χ0) is 16.0. The molecule has 0 aliphatic carbocycles. The quantitative estimate of drug-likeness (QED) is 0.754. The highest BCUT2D eigenvalue weighted by atomic mass is 32.2. The second-order valence-corrected chi connectivity index (χ2v) is 7.38. The van der Waals surface area contributed by atoms with Crippen LogP contribution in [0.25, 0.3) is 0 Å². The lowest BCUT2D eigenvalue weighted by Gasteiger charge is -2.26. The van der Waals surface area contributed by atoms with Gasteiger partial charge in [0, 0.05) is 34.2 Å². The van der Waals surface area contributed by atoms with Crippen molar-refractivity contribution < 1.29 is 14.1 Å². The number of hydrogen-bond acceptors (Lipinski definition) is 3. The van der Waals surface area contributed by atoms with Gasteiger partial charge in [0.15, 0.2) is 0 Å². The summed E-state index contributed by atoms with van der Waals surface area (Å²) in [6.07, 6.45) is 1.83. The Bertz CT molecular complexity index is 498. The number of urea groups is 1. The lowest BCUT2D eigenvalue weighted by Crippen LogP contribution is -2.38. The third-order valence-electron chi connectivity index (χ3n) is 3.02. The van der Waals surface area contributed by atoms with Crippen LogP contribution < -0.4 is 10.6 Å². The summed E-state index contributed by atoms with van der Waals surface area (Å²) in [5, 5.41) is 14.9. The van der Waals surface area contributed by atoms with E-state index in [0.29, 0.717) is 18.7 Å². The number of amides is 2. The van der Waals surface area contributed by atoms with Gasteiger partial charge in [-0.25, -0.2) is 4.79 Å². The normalized spacial score (nSPS) is 14.3. The van der Waals surface area contributed by atoms with Crippen LogP contribution in [0.4, 0.5) is 10.5 Å². The van der Waals surface area contributed by atoms with Crippen molar-refractivity contribution in [1.29, 1.82) is 0 Å². The van der Waals surface area contributed by atoms with Crippen LogP contribution in [0.5, 0.6) is 0 Å². The fourth-order valence-electron chi connectivity index (χ4n) is 2.10. The van der Waals surface area contributed by atoms with E-state index in [1.807, 2.05) is 13.8 Å².